The lowest BCUT2D eigenvalue weighted by Crippen LogP contribution is -2.56. The van der Waals surface area contributed by atoms with E-state index < -0.39 is 51.7 Å². The summed E-state index contributed by atoms with van der Waals surface area (Å²) >= 11 is 0. The van der Waals surface area contributed by atoms with E-state index in [1.165, 1.54) is 47.4 Å². The first-order valence-electron chi connectivity index (χ1n) is 12.4. The second-order valence-corrected chi connectivity index (χ2v) is 12.2. The molecule has 0 saturated carbocycles. The molecule has 3 aromatic rings. The SMILES string of the molecule is CC(C)(C)NC(=O)[C@@H](Cc1ccccc1)N(Cc1ccc(F)cc1)C(=O)CN1C(=O)c2ccccc2S1(=O)=O. The highest BCUT2D eigenvalue weighted by Gasteiger charge is 2.43. The Balaban J connectivity index is 1.72. The first-order chi connectivity index (χ1) is 18.4. The Labute approximate surface area is 227 Å². The van der Waals surface area contributed by atoms with Crippen LogP contribution in [0, 0.1) is 5.82 Å². The number of nitrogens with one attached hydrogen (secondary N) is 1. The van der Waals surface area contributed by atoms with E-state index in [9.17, 15) is 27.2 Å². The van der Waals surface area contributed by atoms with Gasteiger partial charge in [-0.1, -0.05) is 54.6 Å². The van der Waals surface area contributed by atoms with E-state index in [1.54, 1.807) is 6.07 Å². The predicted octanol–water partition coefficient (Wildman–Crippen LogP) is 3.53. The molecule has 4 rings (SSSR count). The van der Waals surface area contributed by atoms with Crippen molar-refractivity contribution in [3.63, 3.8) is 0 Å². The van der Waals surface area contributed by atoms with E-state index in [2.05, 4.69) is 5.32 Å². The van der Waals surface area contributed by atoms with Crippen LogP contribution in [-0.4, -0.2) is 53.5 Å². The number of halogens is 1. The van der Waals surface area contributed by atoms with Crippen LogP contribution in [-0.2, 0) is 32.6 Å². The zero-order valence-corrected chi connectivity index (χ0v) is 22.7. The summed E-state index contributed by atoms with van der Waals surface area (Å²) in [6, 6.07) is 19.3. The second kappa shape index (κ2) is 11.0. The standard InChI is InChI=1S/C29H30FN3O5S/c1-29(2,3)31-27(35)24(17-20-9-5-4-6-10-20)32(18-21-13-15-22(30)16-14-21)26(34)19-33-28(36)23-11-7-8-12-25(23)39(33,37)38/h4-16,24H,17-19H2,1-3H3,(H,31,35)/t24-/m1/s1. The minimum absolute atomic E-state index is 0.0123. The largest absolute Gasteiger partial charge is 0.350 e. The number of fused-ring (bicyclic) bond motifs is 1. The smallest absolute Gasteiger partial charge is 0.269 e. The van der Waals surface area contributed by atoms with Crippen molar-refractivity contribution < 1.29 is 27.2 Å². The van der Waals surface area contributed by atoms with Gasteiger partial charge >= 0.3 is 0 Å². The van der Waals surface area contributed by atoms with Crippen LogP contribution < -0.4 is 5.32 Å². The maximum absolute atomic E-state index is 13.9. The third-order valence-electron chi connectivity index (χ3n) is 6.23. The van der Waals surface area contributed by atoms with Crippen molar-refractivity contribution in [3.05, 3.63) is 101 Å². The highest BCUT2D eigenvalue weighted by Crippen LogP contribution is 2.30. The Morgan fingerprint density at radius 3 is 2.15 bits per heavy atom. The molecule has 1 atom stereocenters. The van der Waals surface area contributed by atoms with Crippen molar-refractivity contribution >= 4 is 27.7 Å². The molecule has 10 heteroatoms. The second-order valence-electron chi connectivity index (χ2n) is 10.4. The van der Waals surface area contributed by atoms with Gasteiger partial charge in [0.15, 0.2) is 0 Å². The van der Waals surface area contributed by atoms with Gasteiger partial charge in [-0.3, -0.25) is 14.4 Å². The lowest BCUT2D eigenvalue weighted by atomic mass is 10.0. The normalized spacial score (nSPS) is 15.0. The lowest BCUT2D eigenvalue weighted by Gasteiger charge is -2.34. The number of rotatable bonds is 8. The van der Waals surface area contributed by atoms with Crippen molar-refractivity contribution in [2.45, 2.75) is 50.2 Å². The first-order valence-corrected chi connectivity index (χ1v) is 13.9. The van der Waals surface area contributed by atoms with E-state index in [4.69, 9.17) is 0 Å². The minimum Gasteiger partial charge on any atom is -0.350 e. The van der Waals surface area contributed by atoms with Crippen molar-refractivity contribution in [2.24, 2.45) is 0 Å². The van der Waals surface area contributed by atoms with Gasteiger partial charge in [0, 0.05) is 18.5 Å². The topological polar surface area (TPSA) is 104 Å². The molecule has 0 fully saturated rings. The van der Waals surface area contributed by atoms with Gasteiger partial charge in [-0.25, -0.2) is 17.1 Å². The van der Waals surface area contributed by atoms with Gasteiger partial charge in [-0.2, -0.15) is 0 Å². The number of nitrogens with zero attached hydrogens (tertiary/aromatic N) is 2. The van der Waals surface area contributed by atoms with E-state index in [0.717, 1.165) is 5.56 Å². The molecule has 204 valence electrons. The molecule has 1 heterocycles. The van der Waals surface area contributed by atoms with Crippen LogP contribution in [0.15, 0.2) is 83.8 Å². The fourth-order valence-electron chi connectivity index (χ4n) is 4.39. The van der Waals surface area contributed by atoms with E-state index >= 15 is 0 Å². The van der Waals surface area contributed by atoms with Gasteiger partial charge in [-0.05, 0) is 56.2 Å². The van der Waals surface area contributed by atoms with Gasteiger partial charge in [-0.15, -0.1) is 0 Å². The van der Waals surface area contributed by atoms with E-state index in [0.29, 0.717) is 9.87 Å². The molecule has 3 amide bonds. The maximum Gasteiger partial charge on any atom is 0.269 e. The third kappa shape index (κ3) is 6.34. The summed E-state index contributed by atoms with van der Waals surface area (Å²) in [4.78, 5) is 41.6. The van der Waals surface area contributed by atoms with Gasteiger partial charge in [0.05, 0.1) is 5.56 Å². The quantitative estimate of drug-likeness (QED) is 0.462. The van der Waals surface area contributed by atoms with Crippen LogP contribution >= 0.6 is 0 Å². The number of sulfonamides is 1. The third-order valence-corrected chi connectivity index (χ3v) is 8.01. The van der Waals surface area contributed by atoms with Crippen molar-refractivity contribution in [1.82, 2.24) is 14.5 Å². The molecule has 3 aromatic carbocycles. The Morgan fingerprint density at radius 1 is 0.923 bits per heavy atom. The molecular weight excluding hydrogens is 521 g/mol. The maximum atomic E-state index is 13.9. The molecule has 1 N–H and O–H groups in total. The number of hydrogen-bond donors (Lipinski definition) is 1. The first kappa shape index (κ1) is 28.0. The summed E-state index contributed by atoms with van der Waals surface area (Å²) in [6.07, 6.45) is 0.136. The molecule has 8 nitrogen and oxygen atoms in total. The van der Waals surface area contributed by atoms with Gasteiger partial charge in [0.25, 0.3) is 15.9 Å². The van der Waals surface area contributed by atoms with Crippen molar-refractivity contribution in [2.75, 3.05) is 6.54 Å². The summed E-state index contributed by atoms with van der Waals surface area (Å²) in [5.74, 6) is -2.45. The molecule has 0 radical (unpaired) electrons. The van der Waals surface area contributed by atoms with Crippen molar-refractivity contribution in [1.29, 1.82) is 0 Å². The number of amides is 3. The molecule has 1 aliphatic heterocycles. The summed E-state index contributed by atoms with van der Waals surface area (Å²) in [5, 5.41) is 2.91. The molecule has 1 aliphatic rings. The van der Waals surface area contributed by atoms with E-state index in [-0.39, 0.29) is 23.4 Å². The zero-order chi connectivity index (χ0) is 28.4. The molecular formula is C29H30FN3O5S. The Bertz CT molecular complexity index is 1490. The Hall–Kier alpha value is -4.05. The van der Waals surface area contributed by atoms with Crippen LogP contribution in [0.5, 0.6) is 0 Å². The number of carbonyl (C=O) groups is 3. The summed E-state index contributed by atoms with van der Waals surface area (Å²) in [5.41, 5.74) is 0.680. The highest BCUT2D eigenvalue weighted by atomic mass is 32.2. The molecule has 0 aromatic heterocycles. The molecule has 0 saturated heterocycles. The number of carbonyl (C=O) groups excluding carboxylic acids is 3. The zero-order valence-electron chi connectivity index (χ0n) is 21.9. The molecule has 0 bridgehead atoms. The van der Waals surface area contributed by atoms with Crippen LogP contribution in [0.2, 0.25) is 0 Å². The fourth-order valence-corrected chi connectivity index (χ4v) is 5.91. The van der Waals surface area contributed by atoms with E-state index in [1.807, 2.05) is 51.1 Å². The monoisotopic (exact) mass is 551 g/mol. The summed E-state index contributed by atoms with van der Waals surface area (Å²) in [7, 11) is -4.25. The van der Waals surface area contributed by atoms with Crippen LogP contribution in [0.25, 0.3) is 0 Å². The average Bonchev–Trinajstić information content (AvgIpc) is 3.07. The molecule has 0 spiro atoms. The van der Waals surface area contributed by atoms with Gasteiger partial charge in [0.1, 0.15) is 23.3 Å². The predicted molar refractivity (Wildman–Crippen MR) is 143 cm³/mol. The Morgan fingerprint density at radius 2 is 1.54 bits per heavy atom. The van der Waals surface area contributed by atoms with Gasteiger partial charge < -0.3 is 10.2 Å². The number of hydrogen-bond acceptors (Lipinski definition) is 5. The van der Waals surface area contributed by atoms with Crippen LogP contribution in [0.1, 0.15) is 42.3 Å². The minimum atomic E-state index is -4.25. The Kier molecular flexibility index (Phi) is 7.87. The molecule has 0 unspecified atom stereocenters. The van der Waals surface area contributed by atoms with Gasteiger partial charge in [0.2, 0.25) is 11.8 Å². The lowest BCUT2D eigenvalue weighted by molar-refractivity contribution is -0.141. The summed E-state index contributed by atoms with van der Waals surface area (Å²) in [6.45, 7) is 4.53. The summed E-state index contributed by atoms with van der Waals surface area (Å²) < 4.78 is 40.4. The average molecular weight is 552 g/mol. The molecule has 39 heavy (non-hydrogen) atoms. The molecule has 0 aliphatic carbocycles. The van der Waals surface area contributed by atoms with Crippen LogP contribution in [0.4, 0.5) is 4.39 Å². The number of benzene rings is 3. The van der Waals surface area contributed by atoms with Crippen LogP contribution in [0.3, 0.4) is 0 Å². The fraction of sp³-hybridized carbons (Fsp3) is 0.276. The van der Waals surface area contributed by atoms with Crippen molar-refractivity contribution in [3.8, 4) is 0 Å². The highest BCUT2D eigenvalue weighted by molar-refractivity contribution is 7.90.